The number of amides is 1. The molecule has 1 heterocycles. The van der Waals surface area contributed by atoms with E-state index in [1.54, 1.807) is 0 Å². The summed E-state index contributed by atoms with van der Waals surface area (Å²) in [6.45, 7) is -0.0304. The summed E-state index contributed by atoms with van der Waals surface area (Å²) < 4.78 is 1.17. The Morgan fingerprint density at radius 2 is 2.29 bits per heavy atom. The summed E-state index contributed by atoms with van der Waals surface area (Å²) in [7, 11) is 0. The minimum atomic E-state index is -0.689. The molecule has 1 aliphatic carbocycles. The molecule has 8 heteroatoms. The fourth-order valence-electron chi connectivity index (χ4n) is 1.94. The summed E-state index contributed by atoms with van der Waals surface area (Å²) in [6, 6.07) is 0.237. The second kappa shape index (κ2) is 4.89. The Bertz CT molecular complexity index is 424. The predicted molar refractivity (Wildman–Crippen MR) is 57.1 cm³/mol. The summed E-state index contributed by atoms with van der Waals surface area (Å²) in [5, 5.41) is 16.8. The molecule has 1 aromatic heterocycles. The summed E-state index contributed by atoms with van der Waals surface area (Å²) in [4.78, 5) is 24.7. The second-order valence-corrected chi connectivity index (χ2v) is 4.05. The van der Waals surface area contributed by atoms with E-state index >= 15 is 0 Å². The van der Waals surface area contributed by atoms with E-state index in [-0.39, 0.29) is 18.5 Å². The molecule has 1 fully saturated rings. The maximum Gasteiger partial charge on any atom is 0.490 e. The first-order valence-corrected chi connectivity index (χ1v) is 5.48. The van der Waals surface area contributed by atoms with Crippen molar-refractivity contribution in [1.29, 1.82) is 0 Å². The lowest BCUT2D eigenvalue weighted by molar-refractivity contribution is -0.394. The van der Waals surface area contributed by atoms with Crippen molar-refractivity contribution in [3.8, 4) is 0 Å². The predicted octanol–water partition coefficient (Wildman–Crippen LogP) is 0.245. The van der Waals surface area contributed by atoms with Crippen LogP contribution in [0.25, 0.3) is 0 Å². The van der Waals surface area contributed by atoms with Gasteiger partial charge in [0.2, 0.25) is 12.2 Å². The molecular formula is C9H13N5O3. The Morgan fingerprint density at radius 3 is 2.88 bits per heavy atom. The standard InChI is InChI=1S/C9H13N5O3/c15-8(11-7-3-1-2-4-7)5-13-6-10-9(12-13)14(16)17/h6-7H,1-5H2,(H,11,15). The van der Waals surface area contributed by atoms with Crippen molar-refractivity contribution in [1.82, 2.24) is 20.1 Å². The third-order valence-electron chi connectivity index (χ3n) is 2.71. The summed E-state index contributed by atoms with van der Waals surface area (Å²) >= 11 is 0. The molecule has 1 saturated carbocycles. The third-order valence-corrected chi connectivity index (χ3v) is 2.71. The molecule has 1 aliphatic rings. The normalized spacial score (nSPS) is 16.0. The highest BCUT2D eigenvalue weighted by molar-refractivity contribution is 5.75. The molecule has 0 bridgehead atoms. The summed E-state index contributed by atoms with van der Waals surface area (Å²) in [6.07, 6.45) is 5.47. The van der Waals surface area contributed by atoms with E-state index in [1.807, 2.05) is 0 Å². The Kier molecular flexibility index (Phi) is 3.31. The highest BCUT2D eigenvalue weighted by Crippen LogP contribution is 2.17. The molecule has 0 atom stereocenters. The van der Waals surface area contributed by atoms with Gasteiger partial charge in [-0.3, -0.25) is 4.79 Å². The molecule has 1 aromatic rings. The molecule has 1 N–H and O–H groups in total. The molecule has 2 rings (SSSR count). The Hall–Kier alpha value is -1.99. The first-order chi connectivity index (χ1) is 8.15. The maximum atomic E-state index is 11.6. The van der Waals surface area contributed by atoms with Gasteiger partial charge in [-0.15, -0.1) is 0 Å². The molecule has 0 unspecified atom stereocenters. The molecular weight excluding hydrogens is 226 g/mol. The van der Waals surface area contributed by atoms with E-state index in [1.165, 1.54) is 11.0 Å². The van der Waals surface area contributed by atoms with Gasteiger partial charge in [-0.2, -0.15) is 4.68 Å². The van der Waals surface area contributed by atoms with Crippen LogP contribution in [0, 0.1) is 10.1 Å². The van der Waals surface area contributed by atoms with E-state index < -0.39 is 10.9 Å². The zero-order chi connectivity index (χ0) is 12.3. The molecule has 0 spiro atoms. The fraction of sp³-hybridized carbons (Fsp3) is 0.667. The molecule has 0 radical (unpaired) electrons. The van der Waals surface area contributed by atoms with Crippen LogP contribution in [-0.4, -0.2) is 31.6 Å². The Labute approximate surface area is 97.2 Å². The van der Waals surface area contributed by atoms with Gasteiger partial charge >= 0.3 is 5.95 Å². The number of hydrogen-bond donors (Lipinski definition) is 1. The Balaban J connectivity index is 1.86. The lowest BCUT2D eigenvalue weighted by atomic mass is 10.2. The topological polar surface area (TPSA) is 103 Å². The van der Waals surface area contributed by atoms with Crippen LogP contribution in [0.5, 0.6) is 0 Å². The fourth-order valence-corrected chi connectivity index (χ4v) is 1.94. The van der Waals surface area contributed by atoms with Crippen LogP contribution < -0.4 is 5.32 Å². The van der Waals surface area contributed by atoms with Crippen molar-refractivity contribution in [3.05, 3.63) is 16.4 Å². The lowest BCUT2D eigenvalue weighted by Crippen LogP contribution is -2.35. The van der Waals surface area contributed by atoms with E-state index in [2.05, 4.69) is 15.4 Å². The van der Waals surface area contributed by atoms with Crippen LogP contribution in [0.15, 0.2) is 6.33 Å². The maximum absolute atomic E-state index is 11.6. The number of nitrogens with zero attached hydrogens (tertiary/aromatic N) is 4. The summed E-state index contributed by atoms with van der Waals surface area (Å²) in [5.41, 5.74) is 0. The lowest BCUT2D eigenvalue weighted by Gasteiger charge is -2.10. The second-order valence-electron chi connectivity index (χ2n) is 4.05. The zero-order valence-corrected chi connectivity index (χ0v) is 9.20. The number of rotatable bonds is 4. The highest BCUT2D eigenvalue weighted by atomic mass is 16.6. The molecule has 92 valence electrons. The Morgan fingerprint density at radius 1 is 1.59 bits per heavy atom. The first-order valence-electron chi connectivity index (χ1n) is 5.48. The highest BCUT2D eigenvalue weighted by Gasteiger charge is 2.19. The van der Waals surface area contributed by atoms with E-state index in [4.69, 9.17) is 0 Å². The van der Waals surface area contributed by atoms with Gasteiger partial charge in [-0.05, 0) is 17.8 Å². The van der Waals surface area contributed by atoms with Crippen LogP contribution in [-0.2, 0) is 11.3 Å². The van der Waals surface area contributed by atoms with Crippen molar-refractivity contribution in [2.24, 2.45) is 0 Å². The quantitative estimate of drug-likeness (QED) is 0.599. The van der Waals surface area contributed by atoms with Gasteiger partial charge in [0.1, 0.15) is 6.54 Å². The van der Waals surface area contributed by atoms with Crippen LogP contribution in [0.2, 0.25) is 0 Å². The van der Waals surface area contributed by atoms with Gasteiger partial charge in [0.05, 0.1) is 0 Å². The molecule has 17 heavy (non-hydrogen) atoms. The van der Waals surface area contributed by atoms with Crippen molar-refractivity contribution >= 4 is 11.9 Å². The number of hydrogen-bond acceptors (Lipinski definition) is 5. The van der Waals surface area contributed by atoms with Crippen molar-refractivity contribution < 1.29 is 9.72 Å². The van der Waals surface area contributed by atoms with Crippen LogP contribution >= 0.6 is 0 Å². The van der Waals surface area contributed by atoms with E-state index in [0.717, 1.165) is 25.7 Å². The number of carbonyl (C=O) groups is 1. The molecule has 0 saturated heterocycles. The van der Waals surface area contributed by atoms with E-state index in [0.29, 0.717) is 0 Å². The molecule has 8 nitrogen and oxygen atoms in total. The van der Waals surface area contributed by atoms with Gasteiger partial charge in [-0.25, -0.2) is 0 Å². The van der Waals surface area contributed by atoms with Gasteiger partial charge in [0.25, 0.3) is 0 Å². The number of nitro groups is 1. The van der Waals surface area contributed by atoms with Crippen LogP contribution in [0.3, 0.4) is 0 Å². The number of nitrogens with one attached hydrogen (secondary N) is 1. The smallest absolute Gasteiger partial charge is 0.390 e. The van der Waals surface area contributed by atoms with Crippen molar-refractivity contribution in [2.75, 3.05) is 0 Å². The van der Waals surface area contributed by atoms with E-state index in [9.17, 15) is 14.9 Å². The molecule has 0 aromatic carbocycles. The SMILES string of the molecule is O=C(Cn1cnc([N+](=O)[O-])n1)NC1CCCC1. The molecule has 0 aliphatic heterocycles. The average Bonchev–Trinajstić information content (AvgIpc) is 2.88. The molecule has 1 amide bonds. The van der Waals surface area contributed by atoms with Crippen LogP contribution in [0.4, 0.5) is 5.95 Å². The largest absolute Gasteiger partial charge is 0.490 e. The minimum absolute atomic E-state index is 0.0304. The van der Waals surface area contributed by atoms with Crippen molar-refractivity contribution in [3.63, 3.8) is 0 Å². The number of aromatic nitrogens is 3. The van der Waals surface area contributed by atoms with Gasteiger partial charge < -0.3 is 15.4 Å². The van der Waals surface area contributed by atoms with Crippen molar-refractivity contribution in [2.45, 2.75) is 38.3 Å². The zero-order valence-electron chi connectivity index (χ0n) is 9.20. The first kappa shape index (κ1) is 11.5. The minimum Gasteiger partial charge on any atom is -0.390 e. The summed E-state index contributed by atoms with van der Waals surface area (Å²) in [5.74, 6) is -0.671. The number of carbonyl (C=O) groups excluding carboxylic acids is 1. The van der Waals surface area contributed by atoms with Gasteiger partial charge in [0, 0.05) is 11.1 Å². The monoisotopic (exact) mass is 239 g/mol. The van der Waals surface area contributed by atoms with Crippen LogP contribution in [0.1, 0.15) is 25.7 Å². The third kappa shape index (κ3) is 2.99. The van der Waals surface area contributed by atoms with Gasteiger partial charge in [-0.1, -0.05) is 17.8 Å². The average molecular weight is 239 g/mol. The van der Waals surface area contributed by atoms with Gasteiger partial charge in [0.15, 0.2) is 0 Å².